The number of thiophene rings is 1. The van der Waals surface area contributed by atoms with Gasteiger partial charge in [0.15, 0.2) is 0 Å². The van der Waals surface area contributed by atoms with Crippen molar-refractivity contribution in [3.8, 4) is 10.4 Å². The van der Waals surface area contributed by atoms with Crippen LogP contribution < -0.4 is 10.6 Å². The van der Waals surface area contributed by atoms with Crippen molar-refractivity contribution in [3.05, 3.63) is 41.8 Å². The van der Waals surface area contributed by atoms with Crippen LogP contribution in [0.5, 0.6) is 0 Å². The van der Waals surface area contributed by atoms with E-state index >= 15 is 0 Å². The van der Waals surface area contributed by atoms with Crippen LogP contribution in [0.15, 0.2) is 41.8 Å². The molecule has 0 aliphatic carbocycles. The van der Waals surface area contributed by atoms with E-state index in [4.69, 9.17) is 0 Å². The molecule has 2 rings (SSSR count). The van der Waals surface area contributed by atoms with Crippen LogP contribution in [0.2, 0.25) is 0 Å². The van der Waals surface area contributed by atoms with Crippen LogP contribution in [-0.4, -0.2) is 19.0 Å². The van der Waals surface area contributed by atoms with Gasteiger partial charge in [-0.25, -0.2) is 0 Å². The minimum absolute atomic E-state index is 0.00236. The molecule has 19 heavy (non-hydrogen) atoms. The molecule has 100 valence electrons. The van der Waals surface area contributed by atoms with Crippen molar-refractivity contribution in [1.29, 1.82) is 0 Å². The van der Waals surface area contributed by atoms with E-state index in [0.29, 0.717) is 6.54 Å². The maximum atomic E-state index is 11.8. The number of nitrogens with one attached hydrogen (secondary N) is 2. The number of carbonyl (C=O) groups is 1. The van der Waals surface area contributed by atoms with Crippen molar-refractivity contribution in [2.45, 2.75) is 13.3 Å². The summed E-state index contributed by atoms with van der Waals surface area (Å²) in [6, 6.07) is 12.0. The Morgan fingerprint density at radius 3 is 2.79 bits per heavy atom. The second-order valence-electron chi connectivity index (χ2n) is 4.25. The molecule has 1 aromatic carbocycles. The van der Waals surface area contributed by atoms with E-state index in [1.807, 2.05) is 35.7 Å². The molecule has 0 saturated carbocycles. The van der Waals surface area contributed by atoms with Gasteiger partial charge < -0.3 is 10.6 Å². The molecule has 1 heterocycles. The second kappa shape index (κ2) is 7.07. The molecule has 3 nitrogen and oxygen atoms in total. The Balaban J connectivity index is 2.06. The number of anilines is 1. The van der Waals surface area contributed by atoms with E-state index in [9.17, 15) is 4.79 Å². The first-order chi connectivity index (χ1) is 9.31. The fourth-order valence-electron chi connectivity index (χ4n) is 1.81. The molecule has 0 aliphatic rings. The summed E-state index contributed by atoms with van der Waals surface area (Å²) in [7, 11) is 0. The molecule has 2 N–H and O–H groups in total. The Morgan fingerprint density at radius 2 is 2.05 bits per heavy atom. The fraction of sp³-hybridized carbons (Fsp3) is 0.267. The monoisotopic (exact) mass is 274 g/mol. The first-order valence-corrected chi connectivity index (χ1v) is 7.32. The summed E-state index contributed by atoms with van der Waals surface area (Å²) < 4.78 is 0. The lowest BCUT2D eigenvalue weighted by Gasteiger charge is -2.10. The van der Waals surface area contributed by atoms with Gasteiger partial charge in [-0.15, -0.1) is 11.3 Å². The predicted octanol–water partition coefficient (Wildman–Crippen LogP) is 3.35. The number of para-hydroxylation sites is 1. The first kappa shape index (κ1) is 13.8. The second-order valence-corrected chi connectivity index (χ2v) is 5.20. The Bertz CT molecular complexity index is 523. The summed E-state index contributed by atoms with van der Waals surface area (Å²) in [4.78, 5) is 13.0. The van der Waals surface area contributed by atoms with E-state index in [1.165, 1.54) is 0 Å². The van der Waals surface area contributed by atoms with Crippen LogP contribution in [0, 0.1) is 0 Å². The lowest BCUT2D eigenvalue weighted by molar-refractivity contribution is -0.115. The lowest BCUT2D eigenvalue weighted by atomic mass is 10.1. The van der Waals surface area contributed by atoms with Crippen molar-refractivity contribution >= 4 is 22.9 Å². The molecule has 1 amide bonds. The number of rotatable bonds is 6. The van der Waals surface area contributed by atoms with Crippen molar-refractivity contribution in [2.24, 2.45) is 0 Å². The van der Waals surface area contributed by atoms with Crippen molar-refractivity contribution in [1.82, 2.24) is 5.32 Å². The Labute approximate surface area is 117 Å². The van der Waals surface area contributed by atoms with Gasteiger partial charge >= 0.3 is 0 Å². The Morgan fingerprint density at radius 1 is 1.21 bits per heavy atom. The average Bonchev–Trinajstić information content (AvgIpc) is 2.93. The summed E-state index contributed by atoms with van der Waals surface area (Å²) in [5.41, 5.74) is 1.94. The van der Waals surface area contributed by atoms with Crippen LogP contribution in [0.1, 0.15) is 13.3 Å². The molecule has 0 spiro atoms. The van der Waals surface area contributed by atoms with E-state index in [-0.39, 0.29) is 5.91 Å². The summed E-state index contributed by atoms with van der Waals surface area (Å²) in [5, 5.41) is 8.10. The summed E-state index contributed by atoms with van der Waals surface area (Å²) >= 11 is 1.67. The van der Waals surface area contributed by atoms with Gasteiger partial charge in [0.25, 0.3) is 0 Å². The topological polar surface area (TPSA) is 41.1 Å². The van der Waals surface area contributed by atoms with E-state index in [2.05, 4.69) is 23.6 Å². The smallest absolute Gasteiger partial charge is 0.238 e. The molecule has 0 fully saturated rings. The number of benzene rings is 1. The maximum absolute atomic E-state index is 11.8. The third-order valence-corrected chi connectivity index (χ3v) is 3.60. The molecule has 0 atom stereocenters. The molecule has 0 aliphatic heterocycles. The highest BCUT2D eigenvalue weighted by Gasteiger charge is 2.08. The minimum atomic E-state index is -0.00236. The molecule has 4 heteroatoms. The zero-order valence-electron chi connectivity index (χ0n) is 11.0. The predicted molar refractivity (Wildman–Crippen MR) is 81.5 cm³/mol. The van der Waals surface area contributed by atoms with Gasteiger partial charge in [-0.05, 0) is 30.5 Å². The van der Waals surface area contributed by atoms with Crippen molar-refractivity contribution in [2.75, 3.05) is 18.4 Å². The van der Waals surface area contributed by atoms with Gasteiger partial charge in [-0.2, -0.15) is 0 Å². The minimum Gasteiger partial charge on any atom is -0.324 e. The Kier molecular flexibility index (Phi) is 5.12. The highest BCUT2D eigenvalue weighted by atomic mass is 32.1. The number of hydrogen-bond acceptors (Lipinski definition) is 3. The van der Waals surface area contributed by atoms with Crippen molar-refractivity contribution in [3.63, 3.8) is 0 Å². The van der Waals surface area contributed by atoms with Crippen LogP contribution in [0.3, 0.4) is 0 Å². The Hall–Kier alpha value is -1.65. The first-order valence-electron chi connectivity index (χ1n) is 6.44. The number of amides is 1. The zero-order chi connectivity index (χ0) is 13.5. The van der Waals surface area contributed by atoms with Crippen molar-refractivity contribution < 1.29 is 4.79 Å². The largest absolute Gasteiger partial charge is 0.324 e. The average molecular weight is 274 g/mol. The van der Waals surface area contributed by atoms with Crippen LogP contribution in [0.4, 0.5) is 5.69 Å². The zero-order valence-corrected chi connectivity index (χ0v) is 11.8. The van der Waals surface area contributed by atoms with Gasteiger partial charge in [-0.3, -0.25) is 4.79 Å². The lowest BCUT2D eigenvalue weighted by Crippen LogP contribution is -2.28. The quantitative estimate of drug-likeness (QED) is 0.793. The molecular formula is C15H18N2OS. The van der Waals surface area contributed by atoms with E-state index in [0.717, 1.165) is 29.1 Å². The molecule has 1 aromatic heterocycles. The summed E-state index contributed by atoms with van der Waals surface area (Å²) in [6.07, 6.45) is 1.03. The number of carbonyl (C=O) groups excluding carboxylic acids is 1. The van der Waals surface area contributed by atoms with Crippen LogP contribution in [-0.2, 0) is 4.79 Å². The molecule has 0 radical (unpaired) electrons. The van der Waals surface area contributed by atoms with Crippen LogP contribution >= 0.6 is 11.3 Å². The van der Waals surface area contributed by atoms with E-state index < -0.39 is 0 Å². The van der Waals surface area contributed by atoms with Gasteiger partial charge in [0, 0.05) is 16.1 Å². The SMILES string of the molecule is CCCNCC(=O)Nc1ccccc1-c1cccs1. The highest BCUT2D eigenvalue weighted by molar-refractivity contribution is 7.13. The van der Waals surface area contributed by atoms with Gasteiger partial charge in [0.05, 0.1) is 6.54 Å². The third kappa shape index (κ3) is 3.91. The van der Waals surface area contributed by atoms with E-state index in [1.54, 1.807) is 11.3 Å². The molecule has 0 bridgehead atoms. The van der Waals surface area contributed by atoms with Gasteiger partial charge in [0.2, 0.25) is 5.91 Å². The fourth-order valence-corrected chi connectivity index (χ4v) is 2.58. The van der Waals surface area contributed by atoms with Gasteiger partial charge in [0.1, 0.15) is 0 Å². The number of hydrogen-bond donors (Lipinski definition) is 2. The highest BCUT2D eigenvalue weighted by Crippen LogP contribution is 2.31. The molecule has 0 unspecified atom stereocenters. The summed E-state index contributed by atoms with van der Waals surface area (Å²) in [5.74, 6) is -0.00236. The normalized spacial score (nSPS) is 10.4. The third-order valence-electron chi connectivity index (χ3n) is 2.70. The van der Waals surface area contributed by atoms with Crippen LogP contribution in [0.25, 0.3) is 10.4 Å². The standard InChI is InChI=1S/C15H18N2OS/c1-2-9-16-11-15(18)17-13-7-4-3-6-12(13)14-8-5-10-19-14/h3-8,10,16H,2,9,11H2,1H3,(H,17,18). The maximum Gasteiger partial charge on any atom is 0.238 e. The summed E-state index contributed by atoms with van der Waals surface area (Å²) in [6.45, 7) is 3.30. The molecule has 0 saturated heterocycles. The van der Waals surface area contributed by atoms with Gasteiger partial charge in [-0.1, -0.05) is 31.2 Å². The molecular weight excluding hydrogens is 256 g/mol. The molecule has 2 aromatic rings.